The zero-order valence-electron chi connectivity index (χ0n) is 37.6. The number of hydrogen-bond acceptors (Lipinski definition) is 11. The number of benzene rings is 3. The quantitative estimate of drug-likeness (QED) is 0.0417. The van der Waals surface area contributed by atoms with Crippen molar-refractivity contribution in [3.63, 3.8) is 0 Å². The van der Waals surface area contributed by atoms with Gasteiger partial charge >= 0.3 is 5.69 Å². The molecular formula is C46H63N4O9PSi. The number of methoxy groups -OCH3 is 2. The highest BCUT2D eigenvalue weighted by Crippen LogP contribution is 2.52. The summed E-state index contributed by atoms with van der Waals surface area (Å²) in [6.45, 7) is 20.8. The number of nitrogens with zero attached hydrogens (tertiary/aromatic N) is 3. The zero-order valence-corrected chi connectivity index (χ0v) is 39.5. The van der Waals surface area contributed by atoms with E-state index in [1.54, 1.807) is 21.1 Å². The molecule has 2 heterocycles. The number of aromatic amines is 1. The largest absolute Gasteiger partial charge is 0.497 e. The van der Waals surface area contributed by atoms with E-state index in [-0.39, 0.29) is 36.8 Å². The lowest BCUT2D eigenvalue weighted by Gasteiger charge is -2.42. The third kappa shape index (κ3) is 10.7. The molecular weight excluding hydrogens is 812 g/mol. The molecule has 0 radical (unpaired) electrons. The molecule has 1 saturated heterocycles. The number of aryl methyl sites for hydroxylation is 1. The first-order valence-electron chi connectivity index (χ1n) is 20.8. The number of rotatable bonds is 19. The van der Waals surface area contributed by atoms with Crippen LogP contribution in [-0.4, -0.2) is 80.4 Å². The molecule has 1 aromatic heterocycles. The van der Waals surface area contributed by atoms with Crippen LogP contribution in [0.5, 0.6) is 11.5 Å². The maximum absolute atomic E-state index is 13.9. The first kappa shape index (κ1) is 47.9. The Hall–Kier alpha value is -4.16. The van der Waals surface area contributed by atoms with Gasteiger partial charge in [-0.05, 0) is 93.7 Å². The molecule has 0 spiro atoms. The van der Waals surface area contributed by atoms with Crippen molar-refractivity contribution in [1.29, 1.82) is 5.26 Å². The Morgan fingerprint density at radius 2 is 1.41 bits per heavy atom. The lowest BCUT2D eigenvalue weighted by molar-refractivity contribution is -0.0947. The van der Waals surface area contributed by atoms with Crippen molar-refractivity contribution in [2.45, 2.75) is 122 Å². The third-order valence-electron chi connectivity index (χ3n) is 11.5. The molecule has 0 bridgehead atoms. The molecule has 4 aromatic rings. The van der Waals surface area contributed by atoms with Crippen molar-refractivity contribution in [1.82, 2.24) is 14.2 Å². The molecule has 1 aliphatic heterocycles. The van der Waals surface area contributed by atoms with Crippen LogP contribution in [0, 0.1) is 18.3 Å². The summed E-state index contributed by atoms with van der Waals surface area (Å²) in [7, 11) is -1.22. The Morgan fingerprint density at radius 1 is 0.869 bits per heavy atom. The van der Waals surface area contributed by atoms with Crippen molar-refractivity contribution in [3.05, 3.63) is 128 Å². The van der Waals surface area contributed by atoms with Crippen LogP contribution in [0.4, 0.5) is 0 Å². The summed E-state index contributed by atoms with van der Waals surface area (Å²) in [5, 5.41) is 9.28. The number of H-pyrrole nitrogens is 1. The first-order valence-corrected chi connectivity index (χ1v) is 24.8. The van der Waals surface area contributed by atoms with E-state index in [0.717, 1.165) is 16.7 Å². The Labute approximate surface area is 363 Å². The second-order valence-electron chi connectivity index (χ2n) is 17.3. The summed E-state index contributed by atoms with van der Waals surface area (Å²) < 4.78 is 50.3. The van der Waals surface area contributed by atoms with E-state index in [1.165, 1.54) is 10.6 Å². The fourth-order valence-electron chi connectivity index (χ4n) is 7.44. The van der Waals surface area contributed by atoms with E-state index in [9.17, 15) is 14.9 Å². The molecule has 0 saturated carbocycles. The maximum atomic E-state index is 13.9. The van der Waals surface area contributed by atoms with Gasteiger partial charge in [-0.25, -0.2) is 9.46 Å². The standard InChI is InChI=1S/C46H63N4O9PSi/c1-31(2)50(32(3)4)60(56-28-16-27-47)58-41-39(57-43(42(41)59-61(11,12)45(6,7)8)49-33(5)29-40(51)48-44(49)52)30-55-46(34-17-14-13-15-18-34,35-19-23-37(53-9)24-20-35)36-21-25-38(54-10)26-22-36/h13-15,17-26,29,31-32,39,41-43H,16,28,30H2,1-12H3,(H,48,51,52)/t39-,41-,42-,43-,60?/m1/s1. The smallest absolute Gasteiger partial charge is 0.330 e. The van der Waals surface area contributed by atoms with Gasteiger partial charge in [0.1, 0.15) is 35.4 Å². The molecule has 13 nitrogen and oxygen atoms in total. The summed E-state index contributed by atoms with van der Waals surface area (Å²) in [6.07, 6.45) is -3.46. The fraction of sp³-hybridized carbons (Fsp3) is 0.500. The van der Waals surface area contributed by atoms with Gasteiger partial charge in [0.15, 0.2) is 14.5 Å². The minimum absolute atomic E-state index is 0.000659. The van der Waals surface area contributed by atoms with Crippen LogP contribution in [0.3, 0.4) is 0 Å². The Kier molecular flexibility index (Phi) is 16.0. The summed E-state index contributed by atoms with van der Waals surface area (Å²) in [5.41, 5.74) is 0.549. The van der Waals surface area contributed by atoms with Gasteiger partial charge in [-0.1, -0.05) is 75.4 Å². The van der Waals surface area contributed by atoms with Crippen molar-refractivity contribution in [2.24, 2.45) is 0 Å². The molecule has 1 N–H and O–H groups in total. The topological polar surface area (TPSA) is 147 Å². The van der Waals surface area contributed by atoms with E-state index >= 15 is 0 Å². The van der Waals surface area contributed by atoms with Gasteiger partial charge in [-0.2, -0.15) is 5.26 Å². The van der Waals surface area contributed by atoms with Crippen molar-refractivity contribution < 1.29 is 32.4 Å². The highest BCUT2D eigenvalue weighted by Gasteiger charge is 2.54. The van der Waals surface area contributed by atoms with Gasteiger partial charge in [0.05, 0.1) is 39.9 Å². The minimum Gasteiger partial charge on any atom is -0.497 e. The highest BCUT2D eigenvalue weighted by molar-refractivity contribution is 7.44. The molecule has 5 atom stereocenters. The number of aromatic nitrogens is 2. The van der Waals surface area contributed by atoms with Gasteiger partial charge < -0.3 is 32.4 Å². The number of hydrogen-bond donors (Lipinski definition) is 1. The van der Waals surface area contributed by atoms with Crippen LogP contribution in [-0.2, 0) is 28.5 Å². The third-order valence-corrected chi connectivity index (χ3v) is 18.1. The van der Waals surface area contributed by atoms with Gasteiger partial charge in [-0.15, -0.1) is 0 Å². The van der Waals surface area contributed by atoms with E-state index in [2.05, 4.69) is 77.3 Å². The molecule has 15 heteroatoms. The molecule has 330 valence electrons. The summed E-state index contributed by atoms with van der Waals surface area (Å²) in [6, 6.07) is 29.1. The average molecular weight is 875 g/mol. The normalized spacial score (nSPS) is 19.0. The Morgan fingerprint density at radius 3 is 1.89 bits per heavy atom. The van der Waals surface area contributed by atoms with Crippen LogP contribution in [0.2, 0.25) is 18.1 Å². The molecule has 1 fully saturated rings. The number of ether oxygens (including phenoxy) is 4. The minimum atomic E-state index is -2.65. The Bertz CT molecular complexity index is 2130. The highest BCUT2D eigenvalue weighted by atomic mass is 31.2. The predicted octanol–water partition coefficient (Wildman–Crippen LogP) is 8.82. The van der Waals surface area contributed by atoms with Crippen LogP contribution in [0.25, 0.3) is 0 Å². The van der Waals surface area contributed by atoms with Gasteiger partial charge in [0, 0.05) is 23.8 Å². The van der Waals surface area contributed by atoms with Crippen LogP contribution < -0.4 is 20.7 Å². The molecule has 5 rings (SSSR count). The number of nitriles is 1. The van der Waals surface area contributed by atoms with E-state index < -0.39 is 58.2 Å². The van der Waals surface area contributed by atoms with Gasteiger partial charge in [0.25, 0.3) is 14.1 Å². The van der Waals surface area contributed by atoms with Crippen LogP contribution >= 0.6 is 8.53 Å². The van der Waals surface area contributed by atoms with Crippen LogP contribution in [0.1, 0.15) is 83.5 Å². The maximum Gasteiger partial charge on any atom is 0.330 e. The predicted molar refractivity (Wildman–Crippen MR) is 240 cm³/mol. The lowest BCUT2D eigenvalue weighted by atomic mass is 9.80. The molecule has 0 aliphatic carbocycles. The lowest BCUT2D eigenvalue weighted by Crippen LogP contribution is -2.51. The summed E-state index contributed by atoms with van der Waals surface area (Å²) in [5.74, 6) is 1.38. The van der Waals surface area contributed by atoms with Crippen molar-refractivity contribution in [3.8, 4) is 17.6 Å². The summed E-state index contributed by atoms with van der Waals surface area (Å²) in [4.78, 5) is 28.9. The second kappa shape index (κ2) is 20.3. The van der Waals surface area contributed by atoms with E-state index in [0.29, 0.717) is 17.2 Å². The monoisotopic (exact) mass is 874 g/mol. The molecule has 1 unspecified atom stereocenters. The SMILES string of the molecule is COc1ccc(C(OC[C@H]2O[C@@H](n3c(C)cc(=O)[nH]c3=O)[C@H](O[Si](C)(C)C(C)(C)C)[C@@H]2OP(OCCC#N)N(C(C)C)C(C)C)(c2ccccc2)c2ccc(OC)cc2)cc1. The van der Waals surface area contributed by atoms with E-state index in [4.69, 9.17) is 32.4 Å². The average Bonchev–Trinajstić information content (AvgIpc) is 3.52. The fourth-order valence-corrected chi connectivity index (χ4v) is 10.5. The van der Waals surface area contributed by atoms with Crippen LogP contribution in [0.15, 0.2) is 94.5 Å². The van der Waals surface area contributed by atoms with Crippen molar-refractivity contribution in [2.75, 3.05) is 27.4 Å². The number of nitrogens with one attached hydrogen (secondary N) is 1. The first-order chi connectivity index (χ1) is 28.9. The molecule has 0 amide bonds. The van der Waals surface area contributed by atoms with Crippen molar-refractivity contribution >= 4 is 16.8 Å². The van der Waals surface area contributed by atoms with Gasteiger partial charge in [0.2, 0.25) is 0 Å². The zero-order chi connectivity index (χ0) is 44.7. The Balaban J connectivity index is 1.75. The van der Waals surface area contributed by atoms with Gasteiger partial charge in [-0.3, -0.25) is 14.3 Å². The van der Waals surface area contributed by atoms with E-state index in [1.807, 2.05) is 78.9 Å². The second-order valence-corrected chi connectivity index (χ2v) is 23.5. The summed E-state index contributed by atoms with van der Waals surface area (Å²) >= 11 is 0. The molecule has 3 aromatic carbocycles. The molecule has 1 aliphatic rings. The molecule has 61 heavy (non-hydrogen) atoms.